The number of amides is 4. The van der Waals surface area contributed by atoms with Gasteiger partial charge in [0.05, 0.1) is 18.1 Å². The van der Waals surface area contributed by atoms with E-state index in [1.807, 2.05) is 67.6 Å². The zero-order valence-electron chi connectivity index (χ0n) is 24.3. The second-order valence-corrected chi connectivity index (χ2v) is 11.5. The Morgan fingerprint density at radius 3 is 2.48 bits per heavy atom. The SMILES string of the molecule is C[C@H]1C2N(C(=O)CN(C)N2C(=O)NC(=S)c2ccccc2)[C@@H](Cc2ccc(O)cc2)C(=O)N1Cc1cccc2cccnc12. The summed E-state index contributed by atoms with van der Waals surface area (Å²) in [5.74, 6) is -0.385. The summed E-state index contributed by atoms with van der Waals surface area (Å²) < 4.78 is 0. The molecule has 1 aromatic heterocycles. The molecule has 1 unspecified atom stereocenters. The van der Waals surface area contributed by atoms with Crippen LogP contribution in [0.1, 0.15) is 23.6 Å². The molecule has 44 heavy (non-hydrogen) atoms. The number of nitrogens with one attached hydrogen (secondary N) is 1. The van der Waals surface area contributed by atoms with E-state index >= 15 is 0 Å². The number of phenols is 1. The fraction of sp³-hybridized carbons (Fsp3) is 0.242. The number of piperazine rings is 1. The number of nitrogens with zero attached hydrogens (tertiary/aromatic N) is 5. The lowest BCUT2D eigenvalue weighted by Gasteiger charge is -2.57. The largest absolute Gasteiger partial charge is 0.508 e. The molecule has 224 valence electrons. The van der Waals surface area contributed by atoms with E-state index in [9.17, 15) is 19.5 Å². The molecule has 6 rings (SSSR count). The Balaban J connectivity index is 1.39. The number of hydrazine groups is 1. The first-order valence-electron chi connectivity index (χ1n) is 14.4. The van der Waals surface area contributed by atoms with Gasteiger partial charge in [0.1, 0.15) is 22.9 Å². The Kier molecular flexibility index (Phi) is 7.98. The number of aromatic hydroxyl groups is 1. The van der Waals surface area contributed by atoms with Crippen molar-refractivity contribution >= 4 is 46.0 Å². The number of rotatable bonds is 5. The summed E-state index contributed by atoms with van der Waals surface area (Å²) in [7, 11) is 1.68. The normalized spacial score (nSPS) is 20.5. The zero-order valence-corrected chi connectivity index (χ0v) is 25.1. The van der Waals surface area contributed by atoms with Gasteiger partial charge >= 0.3 is 6.03 Å². The molecular formula is C33H32N6O4S. The summed E-state index contributed by atoms with van der Waals surface area (Å²) in [5.41, 5.74) is 3.10. The summed E-state index contributed by atoms with van der Waals surface area (Å²) >= 11 is 5.55. The molecule has 3 aromatic carbocycles. The molecule has 10 nitrogen and oxygen atoms in total. The van der Waals surface area contributed by atoms with Crippen LogP contribution in [0.4, 0.5) is 4.79 Å². The molecule has 11 heteroatoms. The highest BCUT2D eigenvalue weighted by Gasteiger charge is 2.54. The van der Waals surface area contributed by atoms with E-state index < -0.39 is 24.3 Å². The Morgan fingerprint density at radius 2 is 1.73 bits per heavy atom. The van der Waals surface area contributed by atoms with Crippen LogP contribution in [0.25, 0.3) is 10.9 Å². The number of urea groups is 1. The van der Waals surface area contributed by atoms with E-state index in [2.05, 4.69) is 10.3 Å². The number of carbonyl (C=O) groups is 3. The predicted octanol–water partition coefficient (Wildman–Crippen LogP) is 3.68. The van der Waals surface area contributed by atoms with Crippen LogP contribution in [0.5, 0.6) is 5.75 Å². The highest BCUT2D eigenvalue weighted by atomic mass is 32.1. The van der Waals surface area contributed by atoms with Crippen LogP contribution >= 0.6 is 12.2 Å². The molecule has 4 aromatic rings. The van der Waals surface area contributed by atoms with Gasteiger partial charge in [0, 0.05) is 37.2 Å². The van der Waals surface area contributed by atoms with E-state index in [-0.39, 0.29) is 42.1 Å². The lowest BCUT2D eigenvalue weighted by Crippen LogP contribution is -2.78. The highest BCUT2D eigenvalue weighted by Crippen LogP contribution is 2.33. The number of carbonyl (C=O) groups excluding carboxylic acids is 3. The van der Waals surface area contributed by atoms with Crippen molar-refractivity contribution in [1.82, 2.24) is 30.1 Å². The van der Waals surface area contributed by atoms with Crippen molar-refractivity contribution in [3.63, 3.8) is 0 Å². The van der Waals surface area contributed by atoms with Crippen LogP contribution in [0.2, 0.25) is 0 Å². The number of fused-ring (bicyclic) bond motifs is 2. The third-order valence-electron chi connectivity index (χ3n) is 8.27. The summed E-state index contributed by atoms with van der Waals surface area (Å²) in [5, 5.41) is 16.7. The molecule has 2 aliphatic rings. The zero-order chi connectivity index (χ0) is 31.0. The predicted molar refractivity (Wildman–Crippen MR) is 169 cm³/mol. The van der Waals surface area contributed by atoms with Crippen molar-refractivity contribution < 1.29 is 19.5 Å². The molecular weight excluding hydrogens is 576 g/mol. The Morgan fingerprint density at radius 1 is 1.00 bits per heavy atom. The van der Waals surface area contributed by atoms with Gasteiger partial charge in [0.2, 0.25) is 11.8 Å². The van der Waals surface area contributed by atoms with Gasteiger partial charge in [-0.15, -0.1) is 0 Å². The minimum atomic E-state index is -0.888. The lowest BCUT2D eigenvalue weighted by molar-refractivity contribution is -0.196. The molecule has 2 N–H and O–H groups in total. The Hall–Kier alpha value is -4.87. The minimum Gasteiger partial charge on any atom is -0.508 e. The van der Waals surface area contributed by atoms with E-state index in [0.717, 1.165) is 22.0 Å². The van der Waals surface area contributed by atoms with Crippen LogP contribution in [0.15, 0.2) is 91.1 Å². The number of thiocarbonyl (C=S) groups is 1. The fourth-order valence-corrected chi connectivity index (χ4v) is 6.34. The maximum Gasteiger partial charge on any atom is 0.339 e. The van der Waals surface area contributed by atoms with Crippen LogP contribution < -0.4 is 5.32 Å². The Labute approximate surface area is 260 Å². The van der Waals surface area contributed by atoms with Crippen molar-refractivity contribution in [1.29, 1.82) is 0 Å². The summed E-state index contributed by atoms with van der Waals surface area (Å²) in [4.78, 5) is 50.1. The molecule has 0 saturated carbocycles. The number of phenolic OH excluding ortho intramolecular Hbond substituents is 1. The molecule has 0 aliphatic carbocycles. The molecule has 2 fully saturated rings. The molecule has 0 radical (unpaired) electrons. The van der Waals surface area contributed by atoms with Gasteiger partial charge in [-0.25, -0.2) is 14.8 Å². The van der Waals surface area contributed by atoms with Gasteiger partial charge in [-0.3, -0.25) is 19.9 Å². The number of pyridine rings is 1. The first-order valence-corrected chi connectivity index (χ1v) is 14.8. The van der Waals surface area contributed by atoms with Crippen LogP contribution in [0.3, 0.4) is 0 Å². The third kappa shape index (κ3) is 5.47. The van der Waals surface area contributed by atoms with Gasteiger partial charge in [-0.2, -0.15) is 0 Å². The molecule has 0 bridgehead atoms. The first-order chi connectivity index (χ1) is 21.2. The van der Waals surface area contributed by atoms with Crippen LogP contribution in [0, 0.1) is 0 Å². The smallest absolute Gasteiger partial charge is 0.339 e. The van der Waals surface area contributed by atoms with E-state index in [1.165, 1.54) is 5.01 Å². The number of benzene rings is 3. The molecule has 3 atom stereocenters. The lowest BCUT2D eigenvalue weighted by atomic mass is 9.94. The number of hydrogen-bond donors (Lipinski definition) is 2. The molecule has 2 saturated heterocycles. The standard InChI is InChI=1S/C33H32N6O4S/c1-21-31-38(28(41)20-36(2)39(31)33(43)35-30(44)24-8-4-3-5-9-24)27(18-22-13-15-26(40)16-14-22)32(42)37(21)19-25-11-6-10-23-12-7-17-34-29(23)25/h3-17,21,27,31,40H,18-20H2,1-2H3,(H,35,43,44)/t21-,27-,31?/m0/s1. The quantitative estimate of drug-likeness (QED) is 0.333. The van der Waals surface area contributed by atoms with Gasteiger partial charge in [-0.1, -0.05) is 78.9 Å². The summed E-state index contributed by atoms with van der Waals surface area (Å²) in [6.45, 7) is 2.00. The molecule has 0 spiro atoms. The number of hydrogen-bond acceptors (Lipinski definition) is 7. The van der Waals surface area contributed by atoms with Crippen molar-refractivity contribution in [2.24, 2.45) is 0 Å². The highest BCUT2D eigenvalue weighted by molar-refractivity contribution is 7.80. The van der Waals surface area contributed by atoms with Crippen molar-refractivity contribution in [2.75, 3.05) is 13.6 Å². The maximum atomic E-state index is 14.4. The van der Waals surface area contributed by atoms with Crippen molar-refractivity contribution in [2.45, 2.75) is 38.1 Å². The summed E-state index contributed by atoms with van der Waals surface area (Å²) in [6, 6.07) is 23.5. The number of likely N-dealkylation sites (N-methyl/N-ethyl adjacent to an activating group) is 1. The second-order valence-electron chi connectivity index (χ2n) is 11.1. The first kappa shape index (κ1) is 29.2. The average Bonchev–Trinajstić information content (AvgIpc) is 3.02. The molecule has 4 amide bonds. The average molecular weight is 609 g/mol. The van der Waals surface area contributed by atoms with Crippen LogP contribution in [-0.4, -0.2) is 84.6 Å². The maximum absolute atomic E-state index is 14.4. The van der Waals surface area contributed by atoms with E-state index in [1.54, 1.807) is 52.3 Å². The van der Waals surface area contributed by atoms with E-state index in [0.29, 0.717) is 5.56 Å². The van der Waals surface area contributed by atoms with Gasteiger partial charge in [-0.05, 0) is 36.2 Å². The fourth-order valence-electron chi connectivity index (χ4n) is 6.12. The topological polar surface area (TPSA) is 109 Å². The van der Waals surface area contributed by atoms with Crippen molar-refractivity contribution in [3.8, 4) is 5.75 Å². The Bertz CT molecular complexity index is 1730. The number of aromatic nitrogens is 1. The summed E-state index contributed by atoms with van der Waals surface area (Å²) in [6.07, 6.45) is 1.11. The number of para-hydroxylation sites is 1. The molecule has 3 heterocycles. The van der Waals surface area contributed by atoms with Gasteiger partial charge in [0.25, 0.3) is 0 Å². The minimum absolute atomic E-state index is 0.0959. The van der Waals surface area contributed by atoms with E-state index in [4.69, 9.17) is 12.2 Å². The van der Waals surface area contributed by atoms with Gasteiger partial charge in [0.15, 0.2) is 0 Å². The molecule has 2 aliphatic heterocycles. The van der Waals surface area contributed by atoms with Crippen molar-refractivity contribution in [3.05, 3.63) is 108 Å². The van der Waals surface area contributed by atoms with Crippen LogP contribution in [-0.2, 0) is 22.6 Å². The monoisotopic (exact) mass is 608 g/mol. The second kappa shape index (κ2) is 12.0. The van der Waals surface area contributed by atoms with Gasteiger partial charge < -0.3 is 14.9 Å². The third-order valence-corrected chi connectivity index (χ3v) is 8.61.